The van der Waals surface area contributed by atoms with E-state index in [0.717, 1.165) is 0 Å². The summed E-state index contributed by atoms with van der Waals surface area (Å²) in [5.74, 6) is 0.314. The third-order valence-corrected chi connectivity index (χ3v) is 3.06. The summed E-state index contributed by atoms with van der Waals surface area (Å²) in [6, 6.07) is 10.0. The number of aromatic nitrogens is 2. The van der Waals surface area contributed by atoms with Gasteiger partial charge < -0.3 is 10.1 Å². The number of hydrogen-bond donors (Lipinski definition) is 1. The van der Waals surface area contributed by atoms with E-state index in [0.29, 0.717) is 17.0 Å². The molecule has 0 fully saturated rings. The first-order chi connectivity index (χ1) is 11.0. The average molecular weight is 329 g/mol. The Morgan fingerprint density at radius 3 is 2.83 bits per heavy atom. The van der Waals surface area contributed by atoms with E-state index in [2.05, 4.69) is 15.3 Å². The van der Waals surface area contributed by atoms with Crippen molar-refractivity contribution in [3.05, 3.63) is 58.5 Å². The third kappa shape index (κ3) is 4.28. The van der Waals surface area contributed by atoms with Crippen molar-refractivity contribution in [3.8, 4) is 11.8 Å². The lowest BCUT2D eigenvalue weighted by Gasteiger charge is -2.04. The number of ketones is 1. The molecule has 0 saturated carbocycles. The van der Waals surface area contributed by atoms with Crippen molar-refractivity contribution in [2.45, 2.75) is 6.92 Å². The Labute approximate surface area is 138 Å². The quantitative estimate of drug-likeness (QED) is 0.392. The van der Waals surface area contributed by atoms with Gasteiger partial charge in [0.05, 0.1) is 7.11 Å². The van der Waals surface area contributed by atoms with Crippen LogP contribution in [0.2, 0.25) is 5.15 Å². The van der Waals surface area contributed by atoms with Crippen LogP contribution in [0.15, 0.2) is 42.1 Å². The van der Waals surface area contributed by atoms with Crippen LogP contribution in [-0.2, 0) is 0 Å². The van der Waals surface area contributed by atoms with Crippen LogP contribution in [0, 0.1) is 18.3 Å². The van der Waals surface area contributed by atoms with Crippen LogP contribution in [0.25, 0.3) is 0 Å². The Morgan fingerprint density at radius 1 is 1.39 bits per heavy atom. The van der Waals surface area contributed by atoms with Crippen molar-refractivity contribution in [1.82, 2.24) is 9.97 Å². The predicted molar refractivity (Wildman–Crippen MR) is 86.4 cm³/mol. The Morgan fingerprint density at radius 2 is 2.17 bits per heavy atom. The van der Waals surface area contributed by atoms with Crippen molar-refractivity contribution in [2.75, 3.05) is 12.4 Å². The molecule has 23 heavy (non-hydrogen) atoms. The van der Waals surface area contributed by atoms with E-state index in [1.54, 1.807) is 37.3 Å². The monoisotopic (exact) mass is 328 g/mol. The largest absolute Gasteiger partial charge is 0.497 e. The molecular weight excluding hydrogens is 316 g/mol. The number of carbonyl (C=O) groups is 1. The summed E-state index contributed by atoms with van der Waals surface area (Å²) >= 11 is 5.83. The molecule has 2 aromatic rings. The molecule has 2 rings (SSSR count). The van der Waals surface area contributed by atoms with Crippen LogP contribution in [0.4, 0.5) is 5.95 Å². The highest BCUT2D eigenvalue weighted by atomic mass is 35.5. The van der Waals surface area contributed by atoms with Crippen molar-refractivity contribution < 1.29 is 9.53 Å². The number of methoxy groups -OCH3 is 1. The second-order valence-corrected chi connectivity index (χ2v) is 4.92. The number of aryl methyl sites for hydroxylation is 1. The van der Waals surface area contributed by atoms with E-state index in [1.165, 1.54) is 13.3 Å². The minimum absolute atomic E-state index is 0.0838. The number of benzene rings is 1. The Bertz CT molecular complexity index is 792. The van der Waals surface area contributed by atoms with Gasteiger partial charge in [0.2, 0.25) is 11.7 Å². The number of rotatable bonds is 5. The number of ether oxygens (including phenoxy) is 1. The summed E-state index contributed by atoms with van der Waals surface area (Å²) in [4.78, 5) is 20.4. The van der Waals surface area contributed by atoms with Crippen molar-refractivity contribution in [2.24, 2.45) is 0 Å². The fourth-order valence-corrected chi connectivity index (χ4v) is 2.04. The van der Waals surface area contributed by atoms with Gasteiger partial charge in [0, 0.05) is 17.5 Å². The van der Waals surface area contributed by atoms with Crippen LogP contribution >= 0.6 is 11.6 Å². The average Bonchev–Trinajstić information content (AvgIpc) is 2.54. The maximum Gasteiger partial charge on any atom is 0.228 e. The molecule has 1 heterocycles. The van der Waals surface area contributed by atoms with E-state index < -0.39 is 5.78 Å². The van der Waals surface area contributed by atoms with Crippen LogP contribution in [-0.4, -0.2) is 22.9 Å². The highest BCUT2D eigenvalue weighted by Crippen LogP contribution is 2.16. The molecule has 7 heteroatoms. The van der Waals surface area contributed by atoms with Gasteiger partial charge in [0.25, 0.3) is 0 Å². The number of Topliss-reactive ketones (excluding diaryl/α,β-unsaturated/α-hetero) is 1. The third-order valence-electron chi connectivity index (χ3n) is 2.87. The number of nitrogens with one attached hydrogen (secondary N) is 1. The fourth-order valence-electron chi connectivity index (χ4n) is 1.80. The van der Waals surface area contributed by atoms with E-state index in [9.17, 15) is 10.1 Å². The SMILES string of the molecule is COc1cccc(C(=O)/C(C#N)=C\Nc2nc(C)cc(Cl)n2)c1. The molecule has 0 unspecified atom stereocenters. The zero-order valence-electron chi connectivity index (χ0n) is 12.5. The smallest absolute Gasteiger partial charge is 0.228 e. The number of nitriles is 1. The Kier molecular flexibility index (Phi) is 5.28. The number of halogens is 1. The fraction of sp³-hybridized carbons (Fsp3) is 0.125. The lowest BCUT2D eigenvalue weighted by molar-refractivity contribution is 0.103. The lowest BCUT2D eigenvalue weighted by Crippen LogP contribution is -2.06. The number of allylic oxidation sites excluding steroid dienone is 1. The molecule has 0 radical (unpaired) electrons. The Balaban J connectivity index is 2.24. The predicted octanol–water partition coefficient (Wildman–Crippen LogP) is 3.15. The normalized spacial score (nSPS) is 10.8. The van der Waals surface area contributed by atoms with E-state index in [-0.39, 0.29) is 16.7 Å². The van der Waals surface area contributed by atoms with Gasteiger partial charge in [-0.15, -0.1) is 0 Å². The second-order valence-electron chi connectivity index (χ2n) is 4.53. The van der Waals surface area contributed by atoms with E-state index in [4.69, 9.17) is 16.3 Å². The molecule has 0 atom stereocenters. The first kappa shape index (κ1) is 16.5. The molecule has 0 spiro atoms. The molecule has 116 valence electrons. The molecule has 1 aromatic heterocycles. The molecular formula is C16H13ClN4O2. The summed E-state index contributed by atoms with van der Waals surface area (Å²) in [6.07, 6.45) is 1.26. The zero-order chi connectivity index (χ0) is 16.8. The van der Waals surface area contributed by atoms with E-state index >= 15 is 0 Å². The molecule has 1 aromatic carbocycles. The molecule has 0 aliphatic carbocycles. The maximum atomic E-state index is 12.3. The van der Waals surface area contributed by atoms with Gasteiger partial charge in [-0.3, -0.25) is 4.79 Å². The molecule has 6 nitrogen and oxygen atoms in total. The molecule has 0 saturated heterocycles. The van der Waals surface area contributed by atoms with Crippen LogP contribution < -0.4 is 10.1 Å². The standard InChI is InChI=1S/C16H13ClN4O2/c1-10-6-14(17)21-16(20-10)19-9-12(8-18)15(22)11-4-3-5-13(7-11)23-2/h3-7,9H,1-2H3,(H,19,20,21)/b12-9-. The first-order valence-corrected chi connectivity index (χ1v) is 6.98. The lowest BCUT2D eigenvalue weighted by atomic mass is 10.1. The minimum atomic E-state index is -0.433. The number of anilines is 1. The second kappa shape index (κ2) is 7.38. The van der Waals surface area contributed by atoms with Crippen molar-refractivity contribution in [3.63, 3.8) is 0 Å². The molecule has 0 aliphatic heterocycles. The maximum absolute atomic E-state index is 12.3. The van der Waals surface area contributed by atoms with Crippen molar-refractivity contribution >= 4 is 23.3 Å². The van der Waals surface area contributed by atoms with Gasteiger partial charge in [-0.2, -0.15) is 5.26 Å². The van der Waals surface area contributed by atoms with E-state index in [1.807, 2.05) is 6.07 Å². The van der Waals surface area contributed by atoms with Crippen LogP contribution in [0.3, 0.4) is 0 Å². The van der Waals surface area contributed by atoms with Crippen LogP contribution in [0.5, 0.6) is 5.75 Å². The molecule has 0 aliphatic rings. The van der Waals surface area contributed by atoms with Gasteiger partial charge >= 0.3 is 0 Å². The van der Waals surface area contributed by atoms with Gasteiger partial charge in [0.15, 0.2) is 0 Å². The Hall–Kier alpha value is -2.91. The van der Waals surface area contributed by atoms with Gasteiger partial charge in [-0.25, -0.2) is 9.97 Å². The number of nitrogens with zero attached hydrogens (tertiary/aromatic N) is 3. The minimum Gasteiger partial charge on any atom is -0.497 e. The van der Waals surface area contributed by atoms with Gasteiger partial charge in [-0.05, 0) is 25.1 Å². The molecule has 0 amide bonds. The topological polar surface area (TPSA) is 87.9 Å². The first-order valence-electron chi connectivity index (χ1n) is 6.60. The molecule has 1 N–H and O–H groups in total. The molecule has 0 bridgehead atoms. The highest BCUT2D eigenvalue weighted by Gasteiger charge is 2.13. The van der Waals surface area contributed by atoms with Crippen LogP contribution in [0.1, 0.15) is 16.1 Å². The number of carbonyl (C=O) groups excluding carboxylic acids is 1. The summed E-state index contributed by atoms with van der Waals surface area (Å²) < 4.78 is 5.07. The summed E-state index contributed by atoms with van der Waals surface area (Å²) in [5.41, 5.74) is 0.931. The van der Waals surface area contributed by atoms with Gasteiger partial charge in [-0.1, -0.05) is 23.7 Å². The number of hydrogen-bond acceptors (Lipinski definition) is 6. The highest BCUT2D eigenvalue weighted by molar-refractivity contribution is 6.29. The van der Waals surface area contributed by atoms with Gasteiger partial charge in [0.1, 0.15) is 22.5 Å². The zero-order valence-corrected chi connectivity index (χ0v) is 13.3. The summed E-state index contributed by atoms with van der Waals surface area (Å²) in [6.45, 7) is 1.76. The van der Waals surface area contributed by atoms with Crippen molar-refractivity contribution in [1.29, 1.82) is 5.26 Å². The summed E-state index contributed by atoms with van der Waals surface area (Å²) in [5, 5.41) is 12.2. The summed E-state index contributed by atoms with van der Waals surface area (Å²) in [7, 11) is 1.50.